The second kappa shape index (κ2) is 7.22. The summed E-state index contributed by atoms with van der Waals surface area (Å²) in [6.07, 6.45) is -0.0309. The number of nitrogens with zero attached hydrogens (tertiary/aromatic N) is 1. The lowest BCUT2D eigenvalue weighted by atomic mass is 10.1. The summed E-state index contributed by atoms with van der Waals surface area (Å²) < 4.78 is 0. The van der Waals surface area contributed by atoms with Crippen molar-refractivity contribution < 1.29 is 19.6 Å². The SMILES string of the molecule is Cc1cc([N+](=O)[O-])ccc1NC(=O)NCC(C)CC(=O)O. The van der Waals surface area contributed by atoms with Gasteiger partial charge in [0.1, 0.15) is 0 Å². The van der Waals surface area contributed by atoms with Gasteiger partial charge in [0.05, 0.1) is 4.92 Å². The number of non-ortho nitro benzene ring substituents is 1. The highest BCUT2D eigenvalue weighted by molar-refractivity contribution is 5.90. The third-order valence-corrected chi connectivity index (χ3v) is 2.80. The number of nitrogens with one attached hydrogen (secondary N) is 2. The number of anilines is 1. The molecule has 2 amide bonds. The van der Waals surface area contributed by atoms with Crippen LogP contribution in [0, 0.1) is 23.0 Å². The van der Waals surface area contributed by atoms with E-state index in [9.17, 15) is 19.7 Å². The predicted octanol–water partition coefficient (Wildman–Crippen LogP) is 2.14. The maximum atomic E-state index is 11.7. The largest absolute Gasteiger partial charge is 0.481 e. The van der Waals surface area contributed by atoms with E-state index < -0.39 is 16.9 Å². The molecule has 0 radical (unpaired) electrons. The Labute approximate surface area is 121 Å². The minimum absolute atomic E-state index is 0.0309. The number of hydrogen-bond donors (Lipinski definition) is 3. The first-order chi connectivity index (χ1) is 9.79. The molecule has 0 aromatic heterocycles. The minimum atomic E-state index is -0.920. The molecule has 114 valence electrons. The van der Waals surface area contributed by atoms with Crippen LogP contribution in [-0.2, 0) is 4.79 Å². The van der Waals surface area contributed by atoms with Crippen LogP contribution in [0.2, 0.25) is 0 Å². The number of carbonyl (C=O) groups excluding carboxylic acids is 1. The summed E-state index contributed by atoms with van der Waals surface area (Å²) in [5, 5.41) is 24.3. The molecule has 0 fully saturated rings. The van der Waals surface area contributed by atoms with Crippen molar-refractivity contribution >= 4 is 23.4 Å². The van der Waals surface area contributed by atoms with E-state index in [4.69, 9.17) is 5.11 Å². The van der Waals surface area contributed by atoms with Gasteiger partial charge in [0.15, 0.2) is 0 Å². The summed E-state index contributed by atoms with van der Waals surface area (Å²) in [6, 6.07) is 3.63. The van der Waals surface area contributed by atoms with Crippen molar-refractivity contribution in [2.75, 3.05) is 11.9 Å². The average molecular weight is 295 g/mol. The molecule has 21 heavy (non-hydrogen) atoms. The van der Waals surface area contributed by atoms with Gasteiger partial charge in [-0.2, -0.15) is 0 Å². The predicted molar refractivity (Wildman–Crippen MR) is 76.3 cm³/mol. The summed E-state index contributed by atoms with van der Waals surface area (Å²) in [5.74, 6) is -1.11. The summed E-state index contributed by atoms with van der Waals surface area (Å²) in [6.45, 7) is 3.59. The molecule has 8 nitrogen and oxygen atoms in total. The fraction of sp³-hybridized carbons (Fsp3) is 0.385. The van der Waals surface area contributed by atoms with Crippen molar-refractivity contribution in [2.45, 2.75) is 20.3 Å². The first kappa shape index (κ1) is 16.4. The number of aliphatic carboxylic acids is 1. The molecule has 1 unspecified atom stereocenters. The van der Waals surface area contributed by atoms with Crippen LogP contribution in [0.15, 0.2) is 18.2 Å². The van der Waals surface area contributed by atoms with Crippen molar-refractivity contribution in [3.8, 4) is 0 Å². The lowest BCUT2D eigenvalue weighted by molar-refractivity contribution is -0.384. The zero-order chi connectivity index (χ0) is 16.0. The molecule has 0 bridgehead atoms. The molecule has 8 heteroatoms. The monoisotopic (exact) mass is 295 g/mol. The Bertz CT molecular complexity index is 559. The summed E-state index contributed by atoms with van der Waals surface area (Å²) in [7, 11) is 0. The Morgan fingerprint density at radius 2 is 2.10 bits per heavy atom. The molecule has 0 aliphatic carbocycles. The first-order valence-electron chi connectivity index (χ1n) is 6.31. The number of carboxylic acids is 1. The fourth-order valence-corrected chi connectivity index (χ4v) is 1.71. The quantitative estimate of drug-likeness (QED) is 0.548. The van der Waals surface area contributed by atoms with Crippen molar-refractivity contribution in [1.29, 1.82) is 0 Å². The van der Waals surface area contributed by atoms with E-state index in [0.717, 1.165) is 0 Å². The van der Waals surface area contributed by atoms with E-state index >= 15 is 0 Å². The van der Waals surface area contributed by atoms with Gasteiger partial charge in [-0.25, -0.2) is 4.79 Å². The van der Waals surface area contributed by atoms with E-state index in [1.165, 1.54) is 18.2 Å². The second-order valence-electron chi connectivity index (χ2n) is 4.79. The van der Waals surface area contributed by atoms with Crippen molar-refractivity contribution in [3.63, 3.8) is 0 Å². The zero-order valence-electron chi connectivity index (χ0n) is 11.8. The molecule has 0 saturated carbocycles. The number of rotatable bonds is 6. The van der Waals surface area contributed by atoms with Crippen LogP contribution >= 0.6 is 0 Å². The number of nitro benzene ring substituents is 1. The molecule has 1 aromatic carbocycles. The number of hydrogen-bond acceptors (Lipinski definition) is 4. The van der Waals surface area contributed by atoms with Crippen LogP contribution in [0.5, 0.6) is 0 Å². The van der Waals surface area contributed by atoms with Gasteiger partial charge in [-0.1, -0.05) is 6.92 Å². The molecule has 0 saturated heterocycles. The van der Waals surface area contributed by atoms with Crippen LogP contribution < -0.4 is 10.6 Å². The van der Waals surface area contributed by atoms with Crippen molar-refractivity contribution in [3.05, 3.63) is 33.9 Å². The Morgan fingerprint density at radius 1 is 1.43 bits per heavy atom. The Balaban J connectivity index is 2.55. The molecule has 3 N–H and O–H groups in total. The van der Waals surface area contributed by atoms with Crippen molar-refractivity contribution in [2.24, 2.45) is 5.92 Å². The number of carboxylic acid groups (broad SMARTS) is 1. The third kappa shape index (κ3) is 5.47. The van der Waals surface area contributed by atoms with Gasteiger partial charge in [0.25, 0.3) is 5.69 Å². The molecule has 1 rings (SSSR count). The number of benzene rings is 1. The van der Waals surface area contributed by atoms with Gasteiger partial charge in [-0.15, -0.1) is 0 Å². The number of aryl methyl sites for hydroxylation is 1. The van der Waals surface area contributed by atoms with E-state index in [1.807, 2.05) is 0 Å². The smallest absolute Gasteiger partial charge is 0.319 e. The fourth-order valence-electron chi connectivity index (χ4n) is 1.71. The van der Waals surface area contributed by atoms with Gasteiger partial charge < -0.3 is 15.7 Å². The summed E-state index contributed by atoms with van der Waals surface area (Å²) >= 11 is 0. The Hall–Kier alpha value is -2.64. The molecule has 0 aliphatic rings. The standard InChI is InChI=1S/C13H17N3O5/c1-8(5-12(17)18)7-14-13(19)15-11-4-3-10(16(20)21)6-9(11)2/h3-4,6,8H,5,7H2,1-2H3,(H,17,18)(H2,14,15,19). The lowest BCUT2D eigenvalue weighted by Gasteiger charge is -2.12. The van der Waals surface area contributed by atoms with E-state index in [0.29, 0.717) is 11.3 Å². The second-order valence-corrected chi connectivity index (χ2v) is 4.79. The van der Waals surface area contributed by atoms with Crippen LogP contribution in [0.3, 0.4) is 0 Å². The Kier molecular flexibility index (Phi) is 5.65. The topological polar surface area (TPSA) is 122 Å². The van der Waals surface area contributed by atoms with Crippen LogP contribution in [-0.4, -0.2) is 28.6 Å². The highest BCUT2D eigenvalue weighted by atomic mass is 16.6. The molecule has 0 spiro atoms. The molecular formula is C13H17N3O5. The van der Waals surface area contributed by atoms with Gasteiger partial charge in [-0.05, 0) is 24.5 Å². The molecule has 0 heterocycles. The number of amides is 2. The maximum absolute atomic E-state index is 11.7. The zero-order valence-corrected chi connectivity index (χ0v) is 11.8. The van der Waals surface area contributed by atoms with Gasteiger partial charge in [0, 0.05) is 30.8 Å². The highest BCUT2D eigenvalue weighted by Crippen LogP contribution is 2.20. The van der Waals surface area contributed by atoms with Gasteiger partial charge in [0.2, 0.25) is 0 Å². The van der Waals surface area contributed by atoms with Crippen molar-refractivity contribution in [1.82, 2.24) is 5.32 Å². The van der Waals surface area contributed by atoms with E-state index in [1.54, 1.807) is 13.8 Å². The highest BCUT2D eigenvalue weighted by Gasteiger charge is 2.12. The minimum Gasteiger partial charge on any atom is -0.481 e. The summed E-state index contributed by atoms with van der Waals surface area (Å²) in [4.78, 5) is 32.3. The molecule has 1 aromatic rings. The molecule has 0 aliphatic heterocycles. The number of carbonyl (C=O) groups is 2. The summed E-state index contributed by atoms with van der Waals surface area (Å²) in [5.41, 5.74) is 0.982. The number of urea groups is 1. The third-order valence-electron chi connectivity index (χ3n) is 2.80. The molecular weight excluding hydrogens is 278 g/mol. The van der Waals surface area contributed by atoms with E-state index in [2.05, 4.69) is 10.6 Å². The number of nitro groups is 1. The normalized spacial score (nSPS) is 11.5. The average Bonchev–Trinajstić information content (AvgIpc) is 2.37. The van der Waals surface area contributed by atoms with Crippen LogP contribution in [0.25, 0.3) is 0 Å². The van der Waals surface area contributed by atoms with Crippen LogP contribution in [0.4, 0.5) is 16.2 Å². The van der Waals surface area contributed by atoms with E-state index in [-0.39, 0.29) is 24.6 Å². The van der Waals surface area contributed by atoms with Gasteiger partial charge >= 0.3 is 12.0 Å². The van der Waals surface area contributed by atoms with Crippen LogP contribution in [0.1, 0.15) is 18.9 Å². The molecule has 1 atom stereocenters. The first-order valence-corrected chi connectivity index (χ1v) is 6.31. The van der Waals surface area contributed by atoms with Gasteiger partial charge in [-0.3, -0.25) is 14.9 Å². The lowest BCUT2D eigenvalue weighted by Crippen LogP contribution is -2.33. The Morgan fingerprint density at radius 3 is 2.62 bits per heavy atom. The maximum Gasteiger partial charge on any atom is 0.319 e.